The molecule has 0 bridgehead atoms. The van der Waals surface area contributed by atoms with E-state index in [2.05, 4.69) is 5.32 Å². The Morgan fingerprint density at radius 2 is 1.77 bits per heavy atom. The monoisotopic (exact) mass is 455 g/mol. The molecule has 1 N–H and O–H groups in total. The number of sulfone groups is 1. The highest BCUT2D eigenvalue weighted by Crippen LogP contribution is 2.38. The van der Waals surface area contributed by atoms with Crippen molar-refractivity contribution in [2.45, 2.75) is 23.8 Å². The van der Waals surface area contributed by atoms with E-state index in [0.717, 1.165) is 28.0 Å². The maximum absolute atomic E-state index is 12.3. The molecule has 160 valence electrons. The van der Waals surface area contributed by atoms with Crippen molar-refractivity contribution in [3.63, 3.8) is 0 Å². The van der Waals surface area contributed by atoms with Gasteiger partial charge in [0, 0.05) is 23.3 Å². The largest absolute Gasteiger partial charge is 0.487 e. The average molecular weight is 456 g/mol. The molecule has 1 aliphatic rings. The van der Waals surface area contributed by atoms with Crippen LogP contribution in [0.25, 0.3) is 11.1 Å². The lowest BCUT2D eigenvalue weighted by Gasteiger charge is -2.14. The van der Waals surface area contributed by atoms with Gasteiger partial charge in [-0.25, -0.2) is 8.42 Å². The molecule has 0 aromatic heterocycles. The summed E-state index contributed by atoms with van der Waals surface area (Å²) in [6.07, 6.45) is 2.03. The molecule has 1 atom stereocenters. The van der Waals surface area contributed by atoms with Gasteiger partial charge in [0.25, 0.3) is 0 Å². The second-order valence-corrected chi connectivity index (χ2v) is 10.1. The number of carbonyl (C=O) groups excluding carboxylic acids is 1. The topological polar surface area (TPSA) is 72.5 Å². The van der Waals surface area contributed by atoms with Gasteiger partial charge in [-0.3, -0.25) is 4.79 Å². The van der Waals surface area contributed by atoms with Gasteiger partial charge in [0.1, 0.15) is 11.9 Å². The van der Waals surface area contributed by atoms with Crippen LogP contribution in [0.15, 0.2) is 71.6 Å². The molecular formula is C24H22ClNO4S. The zero-order valence-corrected chi connectivity index (χ0v) is 18.5. The van der Waals surface area contributed by atoms with Crippen molar-refractivity contribution in [1.82, 2.24) is 5.32 Å². The number of fused-ring (bicyclic) bond motifs is 1. The summed E-state index contributed by atoms with van der Waals surface area (Å²) >= 11 is 5.88. The van der Waals surface area contributed by atoms with Gasteiger partial charge >= 0.3 is 0 Å². The average Bonchev–Trinajstić information content (AvgIpc) is 3.17. The van der Waals surface area contributed by atoms with Crippen LogP contribution in [0, 0.1) is 0 Å². The summed E-state index contributed by atoms with van der Waals surface area (Å²) in [5.74, 6) is 0.713. The first-order valence-corrected chi connectivity index (χ1v) is 12.2. The van der Waals surface area contributed by atoms with Gasteiger partial charge in [-0.15, -0.1) is 0 Å². The molecule has 0 spiro atoms. The number of hydrogen-bond acceptors (Lipinski definition) is 4. The highest BCUT2D eigenvalue weighted by atomic mass is 35.5. The molecule has 0 radical (unpaired) electrons. The Hall–Kier alpha value is -2.83. The van der Waals surface area contributed by atoms with Crippen molar-refractivity contribution >= 4 is 27.3 Å². The number of hydrogen-bond donors (Lipinski definition) is 1. The molecule has 3 aromatic carbocycles. The molecule has 0 aliphatic carbocycles. The van der Waals surface area contributed by atoms with Crippen LogP contribution >= 0.6 is 11.6 Å². The minimum Gasteiger partial charge on any atom is -0.487 e. The lowest BCUT2D eigenvalue weighted by atomic mass is 10.0. The molecule has 0 saturated carbocycles. The Morgan fingerprint density at radius 1 is 1.06 bits per heavy atom. The van der Waals surface area contributed by atoms with E-state index in [9.17, 15) is 13.2 Å². The number of carbonyl (C=O) groups is 1. The van der Waals surface area contributed by atoms with E-state index in [4.69, 9.17) is 16.3 Å². The summed E-state index contributed by atoms with van der Waals surface area (Å²) in [4.78, 5) is 12.6. The van der Waals surface area contributed by atoms with Gasteiger partial charge in [0.15, 0.2) is 9.84 Å². The van der Waals surface area contributed by atoms with Crippen molar-refractivity contribution in [3.8, 4) is 16.9 Å². The van der Waals surface area contributed by atoms with E-state index in [-0.39, 0.29) is 23.3 Å². The molecule has 1 heterocycles. The summed E-state index contributed by atoms with van der Waals surface area (Å²) in [5.41, 5.74) is 3.77. The first-order chi connectivity index (χ1) is 14.8. The standard InChI is InChI=1S/C24H22ClNO4S/c1-31(28,29)21-11-7-17(8-12-21)22-4-2-3-18-14-20(30-24(18)22)15-26-23(27)13-16-5-9-19(25)10-6-16/h2-12,20H,13-15H2,1H3,(H,26,27). The maximum atomic E-state index is 12.3. The van der Waals surface area contributed by atoms with Crippen LogP contribution in [-0.4, -0.2) is 33.2 Å². The third-order valence-electron chi connectivity index (χ3n) is 5.23. The SMILES string of the molecule is CS(=O)(=O)c1ccc(-c2cccc3c2OC(CNC(=O)Cc2ccc(Cl)cc2)C3)cc1. The lowest BCUT2D eigenvalue weighted by molar-refractivity contribution is -0.120. The van der Waals surface area contributed by atoms with Crippen LogP contribution in [0.1, 0.15) is 11.1 Å². The Morgan fingerprint density at radius 3 is 2.45 bits per heavy atom. The summed E-state index contributed by atoms with van der Waals surface area (Å²) in [6.45, 7) is 0.410. The number of ether oxygens (including phenoxy) is 1. The first kappa shape index (κ1) is 21.4. The van der Waals surface area contributed by atoms with E-state index >= 15 is 0 Å². The van der Waals surface area contributed by atoms with Crippen LogP contribution in [0.5, 0.6) is 5.75 Å². The third-order valence-corrected chi connectivity index (χ3v) is 6.61. The molecule has 5 nitrogen and oxygen atoms in total. The third kappa shape index (κ3) is 5.09. The fourth-order valence-electron chi connectivity index (χ4n) is 3.64. The summed E-state index contributed by atoms with van der Waals surface area (Å²) in [5, 5.41) is 3.58. The number of nitrogens with one attached hydrogen (secondary N) is 1. The highest BCUT2D eigenvalue weighted by molar-refractivity contribution is 7.90. The minimum absolute atomic E-state index is 0.0709. The maximum Gasteiger partial charge on any atom is 0.224 e. The van der Waals surface area contributed by atoms with Crippen LogP contribution in [0.4, 0.5) is 0 Å². The van der Waals surface area contributed by atoms with Crippen LogP contribution < -0.4 is 10.1 Å². The number of amides is 1. The molecule has 4 rings (SSSR count). The lowest BCUT2D eigenvalue weighted by Crippen LogP contribution is -2.35. The van der Waals surface area contributed by atoms with Gasteiger partial charge in [-0.05, 0) is 41.0 Å². The van der Waals surface area contributed by atoms with Gasteiger partial charge < -0.3 is 10.1 Å². The molecule has 0 saturated heterocycles. The molecule has 3 aromatic rings. The fourth-order valence-corrected chi connectivity index (χ4v) is 4.40. The second-order valence-electron chi connectivity index (χ2n) is 7.64. The summed E-state index contributed by atoms with van der Waals surface area (Å²) in [7, 11) is -3.24. The van der Waals surface area contributed by atoms with Gasteiger partial charge in [0.2, 0.25) is 5.91 Å². The molecule has 1 aliphatic heterocycles. The van der Waals surface area contributed by atoms with Gasteiger partial charge in [-0.1, -0.05) is 54.1 Å². The number of rotatable bonds is 6. The van der Waals surface area contributed by atoms with E-state index in [1.54, 1.807) is 36.4 Å². The van der Waals surface area contributed by atoms with Crippen molar-refractivity contribution in [2.75, 3.05) is 12.8 Å². The van der Waals surface area contributed by atoms with Crippen molar-refractivity contribution in [2.24, 2.45) is 0 Å². The predicted molar refractivity (Wildman–Crippen MR) is 121 cm³/mol. The normalized spacial score (nSPS) is 15.2. The molecular weight excluding hydrogens is 434 g/mol. The molecule has 31 heavy (non-hydrogen) atoms. The Kier molecular flexibility index (Phi) is 6.03. The first-order valence-electron chi connectivity index (χ1n) is 9.90. The summed E-state index contributed by atoms with van der Waals surface area (Å²) < 4.78 is 29.6. The van der Waals surface area contributed by atoms with Crippen molar-refractivity contribution < 1.29 is 17.9 Å². The van der Waals surface area contributed by atoms with E-state index < -0.39 is 9.84 Å². The van der Waals surface area contributed by atoms with E-state index in [0.29, 0.717) is 18.0 Å². The molecule has 1 amide bonds. The minimum atomic E-state index is -3.24. The Balaban J connectivity index is 1.41. The van der Waals surface area contributed by atoms with Crippen LogP contribution in [0.2, 0.25) is 5.02 Å². The molecule has 0 fully saturated rings. The number of para-hydroxylation sites is 1. The number of halogens is 1. The second kappa shape index (κ2) is 8.73. The van der Waals surface area contributed by atoms with E-state index in [1.807, 2.05) is 30.3 Å². The quantitative estimate of drug-likeness (QED) is 0.608. The van der Waals surface area contributed by atoms with Gasteiger partial charge in [0.05, 0.1) is 17.9 Å². The van der Waals surface area contributed by atoms with Crippen LogP contribution in [-0.2, 0) is 27.5 Å². The number of benzene rings is 3. The zero-order valence-electron chi connectivity index (χ0n) is 17.0. The van der Waals surface area contributed by atoms with Crippen LogP contribution in [0.3, 0.4) is 0 Å². The van der Waals surface area contributed by atoms with Gasteiger partial charge in [-0.2, -0.15) is 0 Å². The fraction of sp³-hybridized carbons (Fsp3) is 0.208. The van der Waals surface area contributed by atoms with E-state index in [1.165, 1.54) is 6.26 Å². The smallest absolute Gasteiger partial charge is 0.224 e. The predicted octanol–water partition coefficient (Wildman–Crippen LogP) is 4.07. The van der Waals surface area contributed by atoms with Crippen molar-refractivity contribution in [3.05, 3.63) is 82.9 Å². The molecule has 1 unspecified atom stereocenters. The Bertz CT molecular complexity index is 1210. The van der Waals surface area contributed by atoms with Crippen molar-refractivity contribution in [1.29, 1.82) is 0 Å². The molecule has 7 heteroatoms. The zero-order chi connectivity index (χ0) is 22.0. The summed E-state index contributed by atoms with van der Waals surface area (Å²) in [6, 6.07) is 19.9. The Labute approximate surface area is 186 Å². The highest BCUT2D eigenvalue weighted by Gasteiger charge is 2.26.